The molecule has 3 atom stereocenters. The van der Waals surface area contributed by atoms with Crippen molar-refractivity contribution in [3.8, 4) is 23.0 Å². The minimum absolute atomic E-state index is 0.0507. The third-order valence-electron chi connectivity index (χ3n) is 8.45. The van der Waals surface area contributed by atoms with E-state index in [9.17, 15) is 5.11 Å². The molecule has 4 aromatic rings. The maximum atomic E-state index is 11.3. The number of benzene rings is 4. The zero-order valence-corrected chi connectivity index (χ0v) is 28.9. The van der Waals surface area contributed by atoms with Crippen molar-refractivity contribution in [2.75, 3.05) is 0 Å². The van der Waals surface area contributed by atoms with Crippen LogP contribution in [0.15, 0.2) is 84.9 Å². The highest BCUT2D eigenvalue weighted by atomic mass is 16.5. The molecule has 4 aromatic carbocycles. The molecule has 0 amide bonds. The molecule has 0 aromatic heterocycles. The van der Waals surface area contributed by atoms with Crippen LogP contribution < -0.4 is 14.2 Å². The van der Waals surface area contributed by atoms with Crippen LogP contribution in [-0.2, 0) is 38.5 Å². The first-order valence-electron chi connectivity index (χ1n) is 17.4. The van der Waals surface area contributed by atoms with E-state index < -0.39 is 0 Å². The topological polar surface area (TPSA) is 47.9 Å². The lowest BCUT2D eigenvalue weighted by Gasteiger charge is -2.25. The van der Waals surface area contributed by atoms with E-state index in [1.807, 2.05) is 24.3 Å². The van der Waals surface area contributed by atoms with Crippen molar-refractivity contribution < 1.29 is 19.3 Å². The number of ether oxygens (including phenoxy) is 3. The zero-order chi connectivity index (χ0) is 32.9. The van der Waals surface area contributed by atoms with Gasteiger partial charge in [-0.1, -0.05) is 101 Å². The predicted molar refractivity (Wildman–Crippen MR) is 191 cm³/mol. The van der Waals surface area contributed by atoms with Gasteiger partial charge in [0.2, 0.25) is 0 Å². The highest BCUT2D eigenvalue weighted by Gasteiger charge is 2.22. The molecule has 0 saturated carbocycles. The fourth-order valence-corrected chi connectivity index (χ4v) is 6.35. The van der Waals surface area contributed by atoms with Gasteiger partial charge in [0.15, 0.2) is 0 Å². The lowest BCUT2D eigenvalue weighted by atomic mass is 9.90. The van der Waals surface area contributed by atoms with Gasteiger partial charge in [-0.3, -0.25) is 0 Å². The van der Waals surface area contributed by atoms with Crippen LogP contribution in [-0.4, -0.2) is 23.4 Å². The van der Waals surface area contributed by atoms with Crippen LogP contribution in [0.2, 0.25) is 0 Å². The van der Waals surface area contributed by atoms with Gasteiger partial charge in [0, 0.05) is 24.8 Å². The van der Waals surface area contributed by atoms with Crippen LogP contribution in [0.5, 0.6) is 23.0 Å². The lowest BCUT2D eigenvalue weighted by molar-refractivity contribution is 0.209. The van der Waals surface area contributed by atoms with E-state index in [1.54, 1.807) is 0 Å². The first-order chi connectivity index (χ1) is 22.3. The molecule has 0 bridgehead atoms. The maximum Gasteiger partial charge on any atom is 0.122 e. The zero-order valence-electron chi connectivity index (χ0n) is 28.9. The number of aromatic hydroxyl groups is 1. The molecule has 0 aliphatic carbocycles. The van der Waals surface area contributed by atoms with Crippen LogP contribution in [0, 0.1) is 0 Å². The van der Waals surface area contributed by atoms with Crippen molar-refractivity contribution >= 4 is 0 Å². The van der Waals surface area contributed by atoms with Crippen molar-refractivity contribution in [2.45, 2.75) is 118 Å². The molecule has 0 heterocycles. The number of phenolic OH excluding ortho intramolecular Hbond substituents is 1. The van der Waals surface area contributed by atoms with Crippen LogP contribution in [0.3, 0.4) is 0 Å². The summed E-state index contributed by atoms with van der Waals surface area (Å²) >= 11 is 0. The highest BCUT2D eigenvalue weighted by Crippen LogP contribution is 2.32. The molecule has 0 aliphatic heterocycles. The van der Waals surface area contributed by atoms with Crippen molar-refractivity contribution in [2.24, 2.45) is 0 Å². The summed E-state index contributed by atoms with van der Waals surface area (Å²) in [6.07, 6.45) is 7.83. The number of rotatable bonds is 18. The number of phenols is 1. The van der Waals surface area contributed by atoms with E-state index in [0.717, 1.165) is 73.3 Å². The Morgan fingerprint density at radius 2 is 0.826 bits per heavy atom. The van der Waals surface area contributed by atoms with E-state index in [0.29, 0.717) is 18.6 Å². The van der Waals surface area contributed by atoms with Gasteiger partial charge < -0.3 is 19.3 Å². The first-order valence-corrected chi connectivity index (χ1v) is 17.4. The summed E-state index contributed by atoms with van der Waals surface area (Å²) in [7, 11) is 0. The third-order valence-corrected chi connectivity index (χ3v) is 8.45. The molecule has 3 unspecified atom stereocenters. The average Bonchev–Trinajstić information content (AvgIpc) is 3.03. The summed E-state index contributed by atoms with van der Waals surface area (Å²) < 4.78 is 19.7. The fourth-order valence-electron chi connectivity index (χ4n) is 6.35. The third kappa shape index (κ3) is 9.79. The largest absolute Gasteiger partial charge is 0.508 e. The molecule has 0 fully saturated rings. The van der Waals surface area contributed by atoms with E-state index in [-0.39, 0.29) is 18.3 Å². The Morgan fingerprint density at radius 1 is 0.457 bits per heavy atom. The molecule has 46 heavy (non-hydrogen) atoms. The summed E-state index contributed by atoms with van der Waals surface area (Å²) in [5.41, 5.74) is 6.91. The van der Waals surface area contributed by atoms with Crippen LogP contribution in [0.1, 0.15) is 94.2 Å². The Hall–Kier alpha value is -3.92. The molecule has 1 N–H and O–H groups in total. The summed E-state index contributed by atoms with van der Waals surface area (Å²) in [4.78, 5) is 0. The Labute approximate surface area is 277 Å². The molecule has 4 rings (SSSR count). The molecule has 0 radical (unpaired) electrons. The maximum absolute atomic E-state index is 11.3. The molecule has 4 heteroatoms. The van der Waals surface area contributed by atoms with Crippen molar-refractivity contribution in [1.29, 1.82) is 0 Å². The molecule has 0 saturated heterocycles. The van der Waals surface area contributed by atoms with Gasteiger partial charge >= 0.3 is 0 Å². The summed E-state index contributed by atoms with van der Waals surface area (Å²) in [5, 5.41) is 11.3. The van der Waals surface area contributed by atoms with E-state index in [1.165, 1.54) is 22.3 Å². The predicted octanol–water partition coefficient (Wildman–Crippen LogP) is 10.3. The van der Waals surface area contributed by atoms with Gasteiger partial charge in [-0.05, 0) is 92.1 Å². The smallest absolute Gasteiger partial charge is 0.122 e. The molecule has 246 valence electrons. The van der Waals surface area contributed by atoms with Gasteiger partial charge in [0.25, 0.3) is 0 Å². The second-order valence-electron chi connectivity index (χ2n) is 12.7. The number of aryl methyl sites for hydroxylation is 3. The molecule has 0 aliphatic rings. The second kappa shape index (κ2) is 17.7. The highest BCUT2D eigenvalue weighted by molar-refractivity contribution is 5.46. The lowest BCUT2D eigenvalue weighted by Crippen LogP contribution is -2.23. The molecule has 0 spiro atoms. The standard InChI is InChI=1S/C42H54O4/c1-7-16-33-19-10-13-22-40(33)44-30(4)27-36-25-26-39(43)38(29-32(6)46-42-24-15-12-21-35(42)18-9-3)37(36)28-31(5)45-41-23-14-11-20-34(41)17-8-2/h10-15,19-26,30-32,43H,7-9,16-18,27-29H2,1-6H3. The molecular formula is C42H54O4. The molecular weight excluding hydrogens is 568 g/mol. The van der Waals surface area contributed by atoms with Gasteiger partial charge in [0.1, 0.15) is 29.1 Å². The quantitative estimate of drug-likeness (QED) is 0.120. The summed E-state index contributed by atoms with van der Waals surface area (Å²) in [6, 6.07) is 28.9. The Morgan fingerprint density at radius 3 is 1.24 bits per heavy atom. The minimum atomic E-state index is -0.131. The Bertz CT molecular complexity index is 1510. The van der Waals surface area contributed by atoms with E-state index in [4.69, 9.17) is 14.2 Å². The van der Waals surface area contributed by atoms with Crippen molar-refractivity contribution in [3.63, 3.8) is 0 Å². The van der Waals surface area contributed by atoms with Gasteiger partial charge in [-0.2, -0.15) is 0 Å². The fraction of sp³-hybridized carbons (Fsp3) is 0.429. The SMILES string of the molecule is CCCc1ccccc1OC(C)Cc1ccc(O)c(CC(C)Oc2ccccc2CCC)c1CC(C)Oc1ccccc1CCC. The van der Waals surface area contributed by atoms with Crippen LogP contribution >= 0.6 is 0 Å². The summed E-state index contributed by atoms with van der Waals surface area (Å²) in [5.74, 6) is 3.12. The van der Waals surface area contributed by atoms with Crippen molar-refractivity contribution in [3.05, 3.63) is 118 Å². The second-order valence-corrected chi connectivity index (χ2v) is 12.7. The van der Waals surface area contributed by atoms with Gasteiger partial charge in [-0.15, -0.1) is 0 Å². The summed E-state index contributed by atoms with van der Waals surface area (Å²) in [6.45, 7) is 12.9. The number of para-hydroxylation sites is 3. The van der Waals surface area contributed by atoms with E-state index >= 15 is 0 Å². The van der Waals surface area contributed by atoms with Crippen molar-refractivity contribution in [1.82, 2.24) is 0 Å². The van der Waals surface area contributed by atoms with Crippen LogP contribution in [0.4, 0.5) is 0 Å². The minimum Gasteiger partial charge on any atom is -0.508 e. The normalized spacial score (nSPS) is 13.2. The molecule has 4 nitrogen and oxygen atoms in total. The van der Waals surface area contributed by atoms with Crippen LogP contribution in [0.25, 0.3) is 0 Å². The monoisotopic (exact) mass is 622 g/mol. The van der Waals surface area contributed by atoms with Gasteiger partial charge in [0.05, 0.1) is 12.2 Å². The Balaban J connectivity index is 1.63. The number of hydrogen-bond donors (Lipinski definition) is 1. The average molecular weight is 623 g/mol. The first kappa shape index (κ1) is 34.9. The Kier molecular flexibility index (Phi) is 13.4. The van der Waals surface area contributed by atoms with E-state index in [2.05, 4.69) is 102 Å². The van der Waals surface area contributed by atoms with Gasteiger partial charge in [-0.25, -0.2) is 0 Å². The number of hydrogen-bond acceptors (Lipinski definition) is 4.